The molecule has 8 rings (SSSR count). The molecule has 0 aliphatic heterocycles. The van der Waals surface area contributed by atoms with Gasteiger partial charge in [0, 0.05) is 0 Å². The first-order chi connectivity index (χ1) is 14.9. The molecule has 0 radical (unpaired) electrons. The zero-order valence-electron chi connectivity index (χ0n) is 16.2. The van der Waals surface area contributed by atoms with Gasteiger partial charge in [-0.2, -0.15) is 0 Å². The van der Waals surface area contributed by atoms with Crippen LogP contribution in [0.25, 0.3) is 75.8 Å². The highest BCUT2D eigenvalue weighted by Gasteiger charge is 2.21. The van der Waals surface area contributed by atoms with E-state index in [0.717, 1.165) is 0 Å². The molecule has 0 amide bonds. The van der Waals surface area contributed by atoms with Crippen molar-refractivity contribution in [3.63, 3.8) is 0 Å². The van der Waals surface area contributed by atoms with E-state index in [9.17, 15) is 0 Å². The van der Waals surface area contributed by atoms with Crippen LogP contribution in [0.5, 0.6) is 0 Å². The molecule has 0 saturated heterocycles. The fourth-order valence-electron chi connectivity index (χ4n) is 5.84. The minimum Gasteiger partial charge on any atom is -0.0622 e. The summed E-state index contributed by atoms with van der Waals surface area (Å²) in [5.74, 6) is 0. The summed E-state index contributed by atoms with van der Waals surface area (Å²) < 4.78 is 0. The lowest BCUT2D eigenvalue weighted by Crippen LogP contribution is -1.93. The molecule has 136 valence electrons. The van der Waals surface area contributed by atoms with Crippen molar-refractivity contribution in [2.45, 2.75) is 0 Å². The van der Waals surface area contributed by atoms with Gasteiger partial charge in [-0.25, -0.2) is 0 Å². The maximum absolute atomic E-state index is 2.39. The molecule has 0 N–H and O–H groups in total. The Morgan fingerprint density at radius 1 is 0.333 bits per heavy atom. The Labute approximate surface area is 173 Å². The van der Waals surface area contributed by atoms with E-state index >= 15 is 0 Å². The molecule has 0 bridgehead atoms. The highest BCUT2D eigenvalue weighted by atomic mass is 14.2. The lowest BCUT2D eigenvalue weighted by molar-refractivity contribution is 1.67. The summed E-state index contributed by atoms with van der Waals surface area (Å²) in [6.45, 7) is 0. The van der Waals surface area contributed by atoms with Crippen molar-refractivity contribution in [2.24, 2.45) is 0 Å². The predicted molar refractivity (Wildman–Crippen MR) is 130 cm³/mol. The molecular formula is C30H16. The third-order valence-corrected chi connectivity index (χ3v) is 7.09. The first-order valence-corrected chi connectivity index (χ1v) is 10.5. The van der Waals surface area contributed by atoms with Crippen LogP contribution in [0.4, 0.5) is 0 Å². The van der Waals surface area contributed by atoms with Gasteiger partial charge in [0.2, 0.25) is 0 Å². The van der Waals surface area contributed by atoms with Gasteiger partial charge in [0.1, 0.15) is 0 Å². The molecule has 0 nitrogen and oxygen atoms in total. The molecule has 30 heavy (non-hydrogen) atoms. The Balaban J connectivity index is 1.80. The Morgan fingerprint density at radius 3 is 1.33 bits per heavy atom. The van der Waals surface area contributed by atoms with E-state index in [2.05, 4.69) is 97.1 Å². The first-order valence-electron chi connectivity index (χ1n) is 10.5. The fourth-order valence-corrected chi connectivity index (χ4v) is 5.84. The van der Waals surface area contributed by atoms with Gasteiger partial charge >= 0.3 is 0 Å². The molecule has 0 aromatic heterocycles. The third-order valence-electron chi connectivity index (χ3n) is 7.09. The average Bonchev–Trinajstić information content (AvgIpc) is 2.82. The molecule has 8 aromatic carbocycles. The Bertz CT molecular complexity index is 1820. The SMILES string of the molecule is c1ccc(-c2cc3ccc4ccc5ccc6ccc7ccc2c2c7c6c5c4c32)cc1. The fraction of sp³-hybridized carbons (Fsp3) is 0. The summed E-state index contributed by atoms with van der Waals surface area (Å²) in [7, 11) is 0. The highest BCUT2D eigenvalue weighted by molar-refractivity contribution is 6.45. The van der Waals surface area contributed by atoms with E-state index in [4.69, 9.17) is 0 Å². The Morgan fingerprint density at radius 2 is 0.767 bits per heavy atom. The molecule has 0 aliphatic carbocycles. The molecule has 0 unspecified atom stereocenters. The van der Waals surface area contributed by atoms with E-state index in [1.54, 1.807) is 0 Å². The number of hydrogen-bond acceptors (Lipinski definition) is 0. The van der Waals surface area contributed by atoms with Crippen molar-refractivity contribution in [3.8, 4) is 11.1 Å². The van der Waals surface area contributed by atoms with Crippen LogP contribution in [0.15, 0.2) is 97.1 Å². The highest BCUT2D eigenvalue weighted by Crippen LogP contribution is 2.49. The smallest absolute Gasteiger partial charge is 0.000763 e. The lowest BCUT2D eigenvalue weighted by Gasteiger charge is -2.22. The van der Waals surface area contributed by atoms with Gasteiger partial charge < -0.3 is 0 Å². The van der Waals surface area contributed by atoms with Gasteiger partial charge in [-0.1, -0.05) is 91.0 Å². The topological polar surface area (TPSA) is 0 Å². The Kier molecular flexibility index (Phi) is 2.49. The molecular weight excluding hydrogens is 360 g/mol. The van der Waals surface area contributed by atoms with Crippen molar-refractivity contribution < 1.29 is 0 Å². The summed E-state index contributed by atoms with van der Waals surface area (Å²) in [6, 6.07) is 36.2. The molecule has 0 heterocycles. The maximum Gasteiger partial charge on any atom is -0.000763 e. The molecule has 0 atom stereocenters. The summed E-state index contributed by atoms with van der Waals surface area (Å²) in [4.78, 5) is 0. The first kappa shape index (κ1) is 15.0. The molecule has 8 aromatic rings. The van der Waals surface area contributed by atoms with Gasteiger partial charge in [0.05, 0.1) is 0 Å². The molecule has 0 saturated carbocycles. The maximum atomic E-state index is 2.39. The average molecular weight is 376 g/mol. The van der Waals surface area contributed by atoms with Crippen LogP contribution in [-0.4, -0.2) is 0 Å². The van der Waals surface area contributed by atoms with Crippen LogP contribution < -0.4 is 0 Å². The van der Waals surface area contributed by atoms with Gasteiger partial charge in [0.25, 0.3) is 0 Å². The third kappa shape index (κ3) is 1.62. The largest absolute Gasteiger partial charge is 0.0622 e. The van der Waals surface area contributed by atoms with Crippen molar-refractivity contribution in [3.05, 3.63) is 97.1 Å². The zero-order valence-corrected chi connectivity index (χ0v) is 16.2. The summed E-state index contributed by atoms with van der Waals surface area (Å²) in [6.07, 6.45) is 0. The summed E-state index contributed by atoms with van der Waals surface area (Å²) >= 11 is 0. The van der Waals surface area contributed by atoms with Gasteiger partial charge in [0.15, 0.2) is 0 Å². The van der Waals surface area contributed by atoms with Crippen molar-refractivity contribution >= 4 is 64.6 Å². The normalized spacial score (nSPS) is 12.7. The summed E-state index contributed by atoms with van der Waals surface area (Å²) in [5.41, 5.74) is 2.60. The predicted octanol–water partition coefficient (Wildman–Crippen LogP) is 8.59. The van der Waals surface area contributed by atoms with Crippen LogP contribution in [0.1, 0.15) is 0 Å². The molecule has 0 heteroatoms. The second-order valence-corrected chi connectivity index (χ2v) is 8.53. The van der Waals surface area contributed by atoms with Crippen LogP contribution in [0, 0.1) is 0 Å². The standard InChI is InChI=1S/C30H16/c1-2-4-17(5-3-1)24-16-22-13-12-20-9-7-18-6-8-19-10-11-21-14-15-23(24)30-28(21)26(19)25(18)27(20)29(22)30/h1-16H. The quantitative estimate of drug-likeness (QED) is 0.199. The van der Waals surface area contributed by atoms with Crippen LogP contribution in [0.2, 0.25) is 0 Å². The lowest BCUT2D eigenvalue weighted by atomic mass is 9.81. The second kappa shape index (κ2) is 4.98. The number of rotatable bonds is 1. The van der Waals surface area contributed by atoms with Crippen molar-refractivity contribution in [1.29, 1.82) is 0 Å². The van der Waals surface area contributed by atoms with E-state index < -0.39 is 0 Å². The second-order valence-electron chi connectivity index (χ2n) is 8.53. The van der Waals surface area contributed by atoms with Gasteiger partial charge in [-0.05, 0) is 81.8 Å². The minimum atomic E-state index is 1.28. The van der Waals surface area contributed by atoms with Gasteiger partial charge in [-0.15, -0.1) is 0 Å². The van der Waals surface area contributed by atoms with Crippen LogP contribution in [-0.2, 0) is 0 Å². The van der Waals surface area contributed by atoms with Crippen LogP contribution in [0.3, 0.4) is 0 Å². The monoisotopic (exact) mass is 376 g/mol. The van der Waals surface area contributed by atoms with E-state index in [0.29, 0.717) is 0 Å². The van der Waals surface area contributed by atoms with Crippen molar-refractivity contribution in [1.82, 2.24) is 0 Å². The Hall–Kier alpha value is -3.90. The molecule has 0 aliphatic rings. The van der Waals surface area contributed by atoms with Gasteiger partial charge in [-0.3, -0.25) is 0 Å². The molecule has 0 spiro atoms. The van der Waals surface area contributed by atoms with E-state index in [1.807, 2.05) is 0 Å². The van der Waals surface area contributed by atoms with E-state index in [-0.39, 0.29) is 0 Å². The zero-order chi connectivity index (χ0) is 19.4. The van der Waals surface area contributed by atoms with E-state index in [1.165, 1.54) is 75.8 Å². The number of hydrogen-bond donors (Lipinski definition) is 0. The van der Waals surface area contributed by atoms with Crippen molar-refractivity contribution in [2.75, 3.05) is 0 Å². The minimum absolute atomic E-state index is 1.28. The molecule has 0 fully saturated rings. The number of benzene rings is 8. The summed E-state index contributed by atoms with van der Waals surface area (Å²) in [5, 5.41) is 16.6. The van der Waals surface area contributed by atoms with Crippen LogP contribution >= 0.6 is 0 Å².